The summed E-state index contributed by atoms with van der Waals surface area (Å²) in [5, 5.41) is 0. The molecular weight excluding hydrogens is 346 g/mol. The number of Topliss-reactive ketones (excluding diaryl/α,β-unsaturated/α-hetero) is 1. The number of ketones is 1. The maximum absolute atomic E-state index is 11.9. The molecule has 4 rings (SSSR count). The Morgan fingerprint density at radius 1 is 0.857 bits per heavy atom. The van der Waals surface area contributed by atoms with Crippen LogP contribution in [0.2, 0.25) is 0 Å². The number of nitrogens with zero attached hydrogens (tertiary/aromatic N) is 1. The molecule has 0 saturated heterocycles. The number of hydrogen-bond acceptors (Lipinski definition) is 2. The number of fused-ring (bicyclic) bond motifs is 3. The van der Waals surface area contributed by atoms with Gasteiger partial charge < -0.3 is 4.90 Å². The van der Waals surface area contributed by atoms with E-state index in [-0.39, 0.29) is 18.1 Å². The lowest BCUT2D eigenvalue weighted by Crippen LogP contribution is -2.33. The van der Waals surface area contributed by atoms with Crippen LogP contribution in [0.1, 0.15) is 62.5 Å². The van der Waals surface area contributed by atoms with Gasteiger partial charge in [0, 0.05) is 24.2 Å². The highest BCUT2D eigenvalue weighted by atomic mass is 16.2. The second kappa shape index (κ2) is 8.14. The molecule has 2 aromatic rings. The fraction of sp³-hybridized carbons (Fsp3) is 0.360. The molecule has 0 fully saturated rings. The van der Waals surface area contributed by atoms with E-state index in [0.29, 0.717) is 11.5 Å². The normalized spacial score (nSPS) is 16.2. The van der Waals surface area contributed by atoms with Gasteiger partial charge in [0.05, 0.1) is 6.42 Å². The third-order valence-corrected chi connectivity index (χ3v) is 6.03. The van der Waals surface area contributed by atoms with Crippen molar-refractivity contribution in [1.82, 2.24) is 4.90 Å². The Bertz CT molecular complexity index is 882. The number of allylic oxidation sites excluding steroid dienone is 1. The van der Waals surface area contributed by atoms with Gasteiger partial charge in [-0.25, -0.2) is 0 Å². The van der Waals surface area contributed by atoms with Crippen LogP contribution in [-0.2, 0) is 9.59 Å². The molecule has 0 aromatic heterocycles. The molecule has 1 aliphatic carbocycles. The van der Waals surface area contributed by atoms with E-state index in [4.69, 9.17) is 0 Å². The second-order valence-corrected chi connectivity index (χ2v) is 7.93. The molecule has 0 N–H and O–H groups in total. The van der Waals surface area contributed by atoms with Crippen LogP contribution in [0, 0.1) is 0 Å². The summed E-state index contributed by atoms with van der Waals surface area (Å²) in [7, 11) is 0. The first-order valence-corrected chi connectivity index (χ1v) is 10.3. The highest BCUT2D eigenvalue weighted by Crippen LogP contribution is 2.46. The summed E-state index contributed by atoms with van der Waals surface area (Å²) in [6, 6.07) is 17.6. The minimum atomic E-state index is -0.0604. The molecule has 1 heterocycles. The van der Waals surface area contributed by atoms with Crippen molar-refractivity contribution in [2.24, 2.45) is 0 Å². The van der Waals surface area contributed by atoms with Crippen molar-refractivity contribution in [3.8, 4) is 11.1 Å². The van der Waals surface area contributed by atoms with Crippen LogP contribution < -0.4 is 0 Å². The van der Waals surface area contributed by atoms with E-state index in [0.717, 1.165) is 19.4 Å². The van der Waals surface area contributed by atoms with Crippen molar-refractivity contribution in [3.05, 3.63) is 71.4 Å². The molecule has 3 heteroatoms. The zero-order valence-corrected chi connectivity index (χ0v) is 16.5. The summed E-state index contributed by atoms with van der Waals surface area (Å²) in [5.74, 6) is 0.404. The van der Waals surface area contributed by atoms with E-state index in [1.54, 1.807) is 18.0 Å². The molecule has 1 amide bonds. The van der Waals surface area contributed by atoms with Gasteiger partial charge in [-0.15, -0.1) is 0 Å². The van der Waals surface area contributed by atoms with Gasteiger partial charge in [-0.1, -0.05) is 67.8 Å². The zero-order chi connectivity index (χ0) is 19.5. The van der Waals surface area contributed by atoms with Crippen molar-refractivity contribution in [3.63, 3.8) is 0 Å². The Balaban J connectivity index is 1.27. The van der Waals surface area contributed by atoms with Gasteiger partial charge >= 0.3 is 0 Å². The Morgan fingerprint density at radius 2 is 1.46 bits per heavy atom. The van der Waals surface area contributed by atoms with E-state index in [9.17, 15) is 9.59 Å². The van der Waals surface area contributed by atoms with E-state index in [2.05, 4.69) is 48.5 Å². The van der Waals surface area contributed by atoms with Crippen molar-refractivity contribution in [2.45, 2.75) is 51.4 Å². The smallest absolute Gasteiger partial charge is 0.234 e. The zero-order valence-electron chi connectivity index (χ0n) is 16.5. The summed E-state index contributed by atoms with van der Waals surface area (Å²) >= 11 is 0. The molecule has 0 spiro atoms. The van der Waals surface area contributed by atoms with Crippen LogP contribution in [0.25, 0.3) is 11.1 Å². The van der Waals surface area contributed by atoms with Crippen molar-refractivity contribution < 1.29 is 9.59 Å². The summed E-state index contributed by atoms with van der Waals surface area (Å²) < 4.78 is 0. The number of hydrogen-bond donors (Lipinski definition) is 0. The number of carbonyl (C=O) groups excluding carboxylic acids is 2. The first-order chi connectivity index (χ1) is 13.6. The van der Waals surface area contributed by atoms with Gasteiger partial charge in [0.1, 0.15) is 0 Å². The molecule has 0 saturated carbocycles. The van der Waals surface area contributed by atoms with E-state index in [1.165, 1.54) is 41.5 Å². The lowest BCUT2D eigenvalue weighted by atomic mass is 9.91. The average Bonchev–Trinajstić information content (AvgIpc) is 3.02. The van der Waals surface area contributed by atoms with Crippen LogP contribution in [0.5, 0.6) is 0 Å². The van der Waals surface area contributed by atoms with Crippen molar-refractivity contribution in [1.29, 1.82) is 0 Å². The van der Waals surface area contributed by atoms with Crippen LogP contribution in [0.15, 0.2) is 60.3 Å². The molecule has 144 valence electrons. The first kappa shape index (κ1) is 18.7. The second-order valence-electron chi connectivity index (χ2n) is 7.93. The summed E-state index contributed by atoms with van der Waals surface area (Å²) in [5.41, 5.74) is 6.41. The predicted molar refractivity (Wildman–Crippen MR) is 112 cm³/mol. The number of benzene rings is 2. The lowest BCUT2D eigenvalue weighted by Gasteiger charge is -2.23. The topological polar surface area (TPSA) is 37.4 Å². The number of unbranched alkanes of at least 4 members (excludes halogenated alkanes) is 3. The molecule has 0 radical (unpaired) electrons. The van der Waals surface area contributed by atoms with E-state index < -0.39 is 0 Å². The molecule has 0 unspecified atom stereocenters. The van der Waals surface area contributed by atoms with E-state index in [1.807, 2.05) is 0 Å². The largest absolute Gasteiger partial charge is 0.318 e. The van der Waals surface area contributed by atoms with Crippen molar-refractivity contribution >= 4 is 11.7 Å². The summed E-state index contributed by atoms with van der Waals surface area (Å²) in [6.07, 6.45) is 7.38. The minimum Gasteiger partial charge on any atom is -0.318 e. The molecule has 3 nitrogen and oxygen atoms in total. The fourth-order valence-electron chi connectivity index (χ4n) is 4.50. The Morgan fingerprint density at radius 3 is 2.14 bits per heavy atom. The highest BCUT2D eigenvalue weighted by molar-refractivity contribution is 6.09. The third kappa shape index (κ3) is 3.66. The molecular formula is C25H27NO2. The van der Waals surface area contributed by atoms with Gasteiger partial charge in [0.25, 0.3) is 0 Å². The van der Waals surface area contributed by atoms with Gasteiger partial charge in [-0.3, -0.25) is 9.59 Å². The Hall–Kier alpha value is -2.68. The maximum atomic E-state index is 11.9. The molecule has 2 aromatic carbocycles. The van der Waals surface area contributed by atoms with Crippen LogP contribution in [-0.4, -0.2) is 23.1 Å². The fourth-order valence-corrected chi connectivity index (χ4v) is 4.50. The predicted octanol–water partition coefficient (Wildman–Crippen LogP) is 5.45. The van der Waals surface area contributed by atoms with E-state index >= 15 is 0 Å². The van der Waals surface area contributed by atoms with Crippen LogP contribution >= 0.6 is 0 Å². The Labute approximate surface area is 167 Å². The summed E-state index contributed by atoms with van der Waals surface area (Å²) in [6.45, 7) is 2.51. The Kier molecular flexibility index (Phi) is 5.43. The van der Waals surface area contributed by atoms with Gasteiger partial charge in [0.15, 0.2) is 5.78 Å². The maximum Gasteiger partial charge on any atom is 0.234 e. The first-order valence-electron chi connectivity index (χ1n) is 10.3. The molecule has 2 aliphatic rings. The number of amides is 1. The standard InChI is InChI=1S/C25H27NO2/c1-18-17-26(25(28)16-24(18)27)15-9-3-2-4-10-19-20-11-5-7-13-22(20)23-14-8-6-12-21(19)23/h5-8,11-14,17,19H,2-4,9-10,15-16H2,1H3. The van der Waals surface area contributed by atoms with Gasteiger partial charge in [-0.05, 0) is 42.0 Å². The molecule has 28 heavy (non-hydrogen) atoms. The SMILES string of the molecule is CC1=CN(CCCCCCC2c3ccccc3-c3ccccc32)C(=O)CC1=O. The number of carbonyl (C=O) groups is 2. The summed E-state index contributed by atoms with van der Waals surface area (Å²) in [4.78, 5) is 25.2. The van der Waals surface area contributed by atoms with Crippen molar-refractivity contribution in [2.75, 3.05) is 6.54 Å². The quantitative estimate of drug-likeness (QED) is 0.478. The lowest BCUT2D eigenvalue weighted by molar-refractivity contribution is -0.133. The van der Waals surface area contributed by atoms with Gasteiger partial charge in [-0.2, -0.15) is 0 Å². The highest BCUT2D eigenvalue weighted by Gasteiger charge is 2.27. The number of rotatable bonds is 7. The van der Waals surface area contributed by atoms with Gasteiger partial charge in [0.2, 0.25) is 5.91 Å². The average molecular weight is 373 g/mol. The van der Waals surface area contributed by atoms with Crippen LogP contribution in [0.3, 0.4) is 0 Å². The van der Waals surface area contributed by atoms with Crippen LogP contribution in [0.4, 0.5) is 0 Å². The third-order valence-electron chi connectivity index (χ3n) is 6.03. The molecule has 0 atom stereocenters. The molecule has 0 bridgehead atoms. The minimum absolute atomic E-state index is 0.0306. The molecule has 1 aliphatic heterocycles. The monoisotopic (exact) mass is 373 g/mol.